The molecule has 0 aromatic carbocycles. The van der Waals surface area contributed by atoms with Crippen LogP contribution in [0, 0.1) is 0 Å². The van der Waals surface area contributed by atoms with Crippen LogP contribution >= 0.6 is 7.82 Å². The van der Waals surface area contributed by atoms with Gasteiger partial charge in [0.1, 0.15) is 6.61 Å². The van der Waals surface area contributed by atoms with E-state index >= 15 is 0 Å². The first-order valence-corrected chi connectivity index (χ1v) is 29.9. The second-order valence-corrected chi connectivity index (χ2v) is 20.2. The number of esters is 2. The lowest BCUT2D eigenvalue weighted by atomic mass is 10.0. The van der Waals surface area contributed by atoms with Crippen molar-refractivity contribution in [2.24, 2.45) is 5.73 Å². The highest BCUT2D eigenvalue weighted by Gasteiger charge is 2.26. The minimum absolute atomic E-state index is 0.0521. The molecule has 400 valence electrons. The SMILES string of the molecule is CC/C=C\C/C=C\C/C=C\C/C=C\C/C=C\CCCCCCCCCCCCCCCCCCCCCCCC(=O)OC(COC(=O)CCCCCCC/C=C\CCCC)COP(=O)(O)OCCN. The lowest BCUT2D eigenvalue weighted by Gasteiger charge is -2.19. The number of rotatable bonds is 53. The number of phosphoric ester groups is 1. The van der Waals surface area contributed by atoms with E-state index in [4.69, 9.17) is 24.3 Å². The van der Waals surface area contributed by atoms with E-state index in [0.717, 1.165) is 89.9 Å². The molecule has 69 heavy (non-hydrogen) atoms. The van der Waals surface area contributed by atoms with Crippen molar-refractivity contribution in [2.75, 3.05) is 26.4 Å². The van der Waals surface area contributed by atoms with Gasteiger partial charge in [0, 0.05) is 19.4 Å². The summed E-state index contributed by atoms with van der Waals surface area (Å²) >= 11 is 0. The molecule has 0 rings (SSSR count). The lowest BCUT2D eigenvalue weighted by Crippen LogP contribution is -2.29. The predicted molar refractivity (Wildman–Crippen MR) is 293 cm³/mol. The normalized spacial score (nSPS) is 13.6. The average Bonchev–Trinajstić information content (AvgIpc) is 3.34. The maximum absolute atomic E-state index is 12.7. The minimum atomic E-state index is -4.38. The average molecular weight is 988 g/mol. The molecule has 0 heterocycles. The van der Waals surface area contributed by atoms with Crippen LogP contribution in [-0.2, 0) is 32.7 Å². The second kappa shape index (κ2) is 54.8. The van der Waals surface area contributed by atoms with Crippen molar-refractivity contribution < 1.29 is 37.6 Å². The molecule has 2 unspecified atom stereocenters. The number of hydrogen-bond acceptors (Lipinski definition) is 8. The van der Waals surface area contributed by atoms with E-state index in [1.165, 1.54) is 135 Å². The number of allylic oxidation sites excluding steroid dienone is 12. The molecule has 3 N–H and O–H groups in total. The van der Waals surface area contributed by atoms with Gasteiger partial charge < -0.3 is 20.1 Å². The summed E-state index contributed by atoms with van der Waals surface area (Å²) in [5, 5.41) is 0. The third-order valence-electron chi connectivity index (χ3n) is 12.1. The Morgan fingerprint density at radius 2 is 0.797 bits per heavy atom. The fourth-order valence-corrected chi connectivity index (χ4v) is 8.65. The smallest absolute Gasteiger partial charge is 0.462 e. The van der Waals surface area contributed by atoms with Gasteiger partial charge in [0.05, 0.1) is 13.2 Å². The number of nitrogens with two attached hydrogens (primary N) is 1. The Bertz CT molecular complexity index is 1360. The number of unbranched alkanes of at least 4 members (excludes halogenated alkanes) is 28. The van der Waals surface area contributed by atoms with Crippen LogP contribution in [-0.4, -0.2) is 49.3 Å². The first-order valence-electron chi connectivity index (χ1n) is 28.4. The van der Waals surface area contributed by atoms with E-state index in [0.29, 0.717) is 6.42 Å². The van der Waals surface area contributed by atoms with Gasteiger partial charge in [-0.05, 0) is 77.0 Å². The standard InChI is InChI=1S/C59H106NO8P/c1-3-5-7-9-11-13-15-16-17-18-19-20-21-22-23-24-25-26-27-28-29-30-31-32-33-34-35-36-37-38-39-40-42-44-46-48-50-52-59(62)68-57(56-67-69(63,64)66-54-53-60)55-65-58(61)51-49-47-45-43-41-14-12-10-8-6-4-2/h5,7,10-13,16-17,19-20,22-23,57H,3-4,6,8-9,14-15,18,21,24-56,60H2,1-2H3,(H,63,64)/b7-5-,12-10-,13-11-,17-16-,20-19-,23-22-. The van der Waals surface area contributed by atoms with Crippen LogP contribution in [0.4, 0.5) is 0 Å². The fourth-order valence-electron chi connectivity index (χ4n) is 7.88. The monoisotopic (exact) mass is 988 g/mol. The van der Waals surface area contributed by atoms with Gasteiger partial charge in [0.15, 0.2) is 6.10 Å². The number of carbonyl (C=O) groups excluding carboxylic acids is 2. The van der Waals surface area contributed by atoms with Crippen molar-refractivity contribution >= 4 is 19.8 Å². The van der Waals surface area contributed by atoms with Gasteiger partial charge in [-0.1, -0.05) is 241 Å². The zero-order chi connectivity index (χ0) is 50.2. The molecule has 0 spiro atoms. The Morgan fingerprint density at radius 1 is 0.449 bits per heavy atom. The van der Waals surface area contributed by atoms with Crippen LogP contribution in [0.2, 0.25) is 0 Å². The summed E-state index contributed by atoms with van der Waals surface area (Å²) in [6.07, 6.45) is 69.9. The Labute approximate surface area is 424 Å². The molecule has 0 amide bonds. The van der Waals surface area contributed by atoms with Crippen LogP contribution < -0.4 is 5.73 Å². The largest absolute Gasteiger partial charge is 0.472 e. The molecule has 9 nitrogen and oxygen atoms in total. The number of ether oxygens (including phenoxy) is 2. The molecule has 0 radical (unpaired) electrons. The highest BCUT2D eigenvalue weighted by molar-refractivity contribution is 7.47. The quantitative estimate of drug-likeness (QED) is 0.0264. The van der Waals surface area contributed by atoms with Gasteiger partial charge in [-0.25, -0.2) is 4.57 Å². The zero-order valence-electron chi connectivity index (χ0n) is 44.5. The molecule has 0 fully saturated rings. The summed E-state index contributed by atoms with van der Waals surface area (Å²) in [5.74, 6) is -0.833. The zero-order valence-corrected chi connectivity index (χ0v) is 45.4. The highest BCUT2D eigenvalue weighted by Crippen LogP contribution is 2.43. The molecule has 0 aliphatic heterocycles. The summed E-state index contributed by atoms with van der Waals surface area (Å²) in [5.41, 5.74) is 5.36. The molecule has 0 aromatic rings. The summed E-state index contributed by atoms with van der Waals surface area (Å²) in [4.78, 5) is 35.0. The molecule has 0 bridgehead atoms. The fraction of sp³-hybridized carbons (Fsp3) is 0.763. The van der Waals surface area contributed by atoms with Crippen molar-refractivity contribution in [1.82, 2.24) is 0 Å². The first kappa shape index (κ1) is 66.5. The van der Waals surface area contributed by atoms with E-state index in [1.54, 1.807) is 0 Å². The van der Waals surface area contributed by atoms with Crippen LogP contribution in [0.15, 0.2) is 72.9 Å². The van der Waals surface area contributed by atoms with Gasteiger partial charge in [-0.15, -0.1) is 0 Å². The van der Waals surface area contributed by atoms with Crippen molar-refractivity contribution in [1.29, 1.82) is 0 Å². The maximum Gasteiger partial charge on any atom is 0.472 e. The van der Waals surface area contributed by atoms with Gasteiger partial charge in [-0.3, -0.25) is 18.6 Å². The van der Waals surface area contributed by atoms with Crippen molar-refractivity contribution in [2.45, 2.75) is 264 Å². The van der Waals surface area contributed by atoms with E-state index < -0.39 is 26.5 Å². The van der Waals surface area contributed by atoms with E-state index in [9.17, 15) is 19.0 Å². The summed E-state index contributed by atoms with van der Waals surface area (Å²) in [7, 11) is -4.38. The molecular weight excluding hydrogens is 882 g/mol. The van der Waals surface area contributed by atoms with Crippen LogP contribution in [0.3, 0.4) is 0 Å². The van der Waals surface area contributed by atoms with Gasteiger partial charge >= 0.3 is 19.8 Å². The summed E-state index contributed by atoms with van der Waals surface area (Å²) < 4.78 is 32.9. The summed E-state index contributed by atoms with van der Waals surface area (Å²) in [6, 6.07) is 0. The molecule has 10 heteroatoms. The van der Waals surface area contributed by atoms with E-state index in [-0.39, 0.29) is 38.6 Å². The number of phosphoric acid groups is 1. The van der Waals surface area contributed by atoms with E-state index in [2.05, 4.69) is 86.8 Å². The molecule has 2 atom stereocenters. The molecule has 0 aliphatic carbocycles. The van der Waals surface area contributed by atoms with Gasteiger partial charge in [-0.2, -0.15) is 0 Å². The third-order valence-corrected chi connectivity index (χ3v) is 13.1. The van der Waals surface area contributed by atoms with Gasteiger partial charge in [0.25, 0.3) is 0 Å². The predicted octanol–water partition coefficient (Wildman–Crippen LogP) is 17.7. The summed E-state index contributed by atoms with van der Waals surface area (Å²) in [6.45, 7) is 3.59. The Balaban J connectivity index is 3.79. The Hall–Kier alpha value is -2.55. The van der Waals surface area contributed by atoms with Crippen molar-refractivity contribution in [3.63, 3.8) is 0 Å². The first-order chi connectivity index (χ1) is 33.8. The molecule has 0 aliphatic rings. The van der Waals surface area contributed by atoms with E-state index in [1.807, 2.05) is 0 Å². The molecule has 0 saturated carbocycles. The van der Waals surface area contributed by atoms with Gasteiger partial charge in [0.2, 0.25) is 0 Å². The molecule has 0 saturated heterocycles. The van der Waals surface area contributed by atoms with Crippen LogP contribution in [0.1, 0.15) is 258 Å². The molecular formula is C59H106NO8P. The lowest BCUT2D eigenvalue weighted by molar-refractivity contribution is -0.161. The highest BCUT2D eigenvalue weighted by atomic mass is 31.2. The topological polar surface area (TPSA) is 134 Å². The Kier molecular flexibility index (Phi) is 52.8. The number of hydrogen-bond donors (Lipinski definition) is 2. The maximum atomic E-state index is 12.7. The van der Waals surface area contributed by atoms with Crippen LogP contribution in [0.5, 0.6) is 0 Å². The number of carbonyl (C=O) groups is 2. The van der Waals surface area contributed by atoms with Crippen LogP contribution in [0.25, 0.3) is 0 Å². The minimum Gasteiger partial charge on any atom is -0.462 e. The Morgan fingerprint density at radius 3 is 1.20 bits per heavy atom. The second-order valence-electron chi connectivity index (χ2n) is 18.8. The third kappa shape index (κ3) is 54.6. The van der Waals surface area contributed by atoms with Crippen molar-refractivity contribution in [3.05, 3.63) is 72.9 Å². The molecule has 0 aromatic heterocycles. The van der Waals surface area contributed by atoms with Crippen molar-refractivity contribution in [3.8, 4) is 0 Å².